The summed E-state index contributed by atoms with van der Waals surface area (Å²) in [6, 6.07) is 7.46. The maximum absolute atomic E-state index is 10.8. The van der Waals surface area contributed by atoms with Crippen LogP contribution in [0.15, 0.2) is 18.2 Å². The SMILES string of the molecule is CCN(Cc1ccc(C#N)c(OC)c1)C(C)CC(=O)O. The third kappa shape index (κ3) is 4.25. The molecular formula is C15H20N2O3. The molecule has 0 saturated carbocycles. The number of carboxylic acids is 1. The lowest BCUT2D eigenvalue weighted by Gasteiger charge is -2.26. The Morgan fingerprint density at radius 3 is 2.75 bits per heavy atom. The number of ether oxygens (including phenoxy) is 1. The Labute approximate surface area is 119 Å². The van der Waals surface area contributed by atoms with E-state index in [1.807, 2.05) is 26.0 Å². The minimum absolute atomic E-state index is 0.0425. The van der Waals surface area contributed by atoms with Gasteiger partial charge in [0.15, 0.2) is 0 Å². The third-order valence-electron chi connectivity index (χ3n) is 3.27. The van der Waals surface area contributed by atoms with Crippen LogP contribution in [0.4, 0.5) is 0 Å². The number of nitrogens with zero attached hydrogens (tertiary/aromatic N) is 2. The lowest BCUT2D eigenvalue weighted by Crippen LogP contribution is -2.34. The molecule has 108 valence electrons. The molecular weight excluding hydrogens is 256 g/mol. The zero-order valence-corrected chi connectivity index (χ0v) is 12.1. The fourth-order valence-corrected chi connectivity index (χ4v) is 2.12. The second-order valence-corrected chi connectivity index (χ2v) is 4.66. The first-order valence-electron chi connectivity index (χ1n) is 6.54. The summed E-state index contributed by atoms with van der Waals surface area (Å²) in [5.74, 6) is -0.250. The molecule has 0 fully saturated rings. The standard InChI is InChI=1S/C15H20N2O3/c1-4-17(11(2)7-15(18)19)10-12-5-6-13(9-16)14(8-12)20-3/h5-6,8,11H,4,7,10H2,1-3H3,(H,18,19). The van der Waals surface area contributed by atoms with Crippen molar-refractivity contribution >= 4 is 5.97 Å². The molecule has 0 spiro atoms. The van der Waals surface area contributed by atoms with Gasteiger partial charge in [0.1, 0.15) is 11.8 Å². The highest BCUT2D eigenvalue weighted by molar-refractivity contribution is 5.67. The molecule has 0 aliphatic rings. The Hall–Kier alpha value is -2.06. The minimum Gasteiger partial charge on any atom is -0.495 e. The highest BCUT2D eigenvalue weighted by Gasteiger charge is 2.16. The van der Waals surface area contributed by atoms with Gasteiger partial charge in [0, 0.05) is 12.6 Å². The summed E-state index contributed by atoms with van der Waals surface area (Å²) in [6.45, 7) is 5.29. The topological polar surface area (TPSA) is 73.6 Å². The molecule has 0 amide bonds. The summed E-state index contributed by atoms with van der Waals surface area (Å²) < 4.78 is 5.18. The summed E-state index contributed by atoms with van der Waals surface area (Å²) in [5, 5.41) is 17.8. The number of hydrogen-bond acceptors (Lipinski definition) is 4. The quantitative estimate of drug-likeness (QED) is 0.826. The van der Waals surface area contributed by atoms with Crippen molar-refractivity contribution in [2.75, 3.05) is 13.7 Å². The molecule has 0 saturated heterocycles. The Kier molecular flexibility index (Phi) is 6.01. The summed E-state index contributed by atoms with van der Waals surface area (Å²) in [6.07, 6.45) is 0.112. The molecule has 1 atom stereocenters. The number of methoxy groups -OCH3 is 1. The van der Waals surface area contributed by atoms with Crippen molar-refractivity contribution in [2.24, 2.45) is 0 Å². The number of aliphatic carboxylic acids is 1. The van der Waals surface area contributed by atoms with Gasteiger partial charge in [-0.2, -0.15) is 5.26 Å². The van der Waals surface area contributed by atoms with Crippen LogP contribution in [0.5, 0.6) is 5.75 Å². The van der Waals surface area contributed by atoms with Gasteiger partial charge in [-0.05, 0) is 31.2 Å². The Morgan fingerprint density at radius 1 is 1.55 bits per heavy atom. The predicted molar refractivity (Wildman–Crippen MR) is 75.5 cm³/mol. The zero-order chi connectivity index (χ0) is 15.1. The first-order valence-corrected chi connectivity index (χ1v) is 6.54. The van der Waals surface area contributed by atoms with Crippen LogP contribution in [0.2, 0.25) is 0 Å². The largest absolute Gasteiger partial charge is 0.495 e. The van der Waals surface area contributed by atoms with Gasteiger partial charge in [-0.25, -0.2) is 0 Å². The van der Waals surface area contributed by atoms with E-state index in [9.17, 15) is 4.79 Å². The van der Waals surface area contributed by atoms with Crippen LogP contribution in [-0.2, 0) is 11.3 Å². The van der Waals surface area contributed by atoms with E-state index < -0.39 is 5.97 Å². The third-order valence-corrected chi connectivity index (χ3v) is 3.27. The summed E-state index contributed by atoms with van der Waals surface area (Å²) in [5.41, 5.74) is 1.50. The summed E-state index contributed by atoms with van der Waals surface area (Å²) in [7, 11) is 1.53. The molecule has 1 N–H and O–H groups in total. The Balaban J connectivity index is 2.85. The molecule has 1 rings (SSSR count). The first-order chi connectivity index (χ1) is 9.51. The Bertz CT molecular complexity index is 508. The highest BCUT2D eigenvalue weighted by atomic mass is 16.5. The predicted octanol–water partition coefficient (Wildman–Crippen LogP) is 2.25. The zero-order valence-electron chi connectivity index (χ0n) is 12.1. The molecule has 20 heavy (non-hydrogen) atoms. The lowest BCUT2D eigenvalue weighted by molar-refractivity contribution is -0.138. The van der Waals surface area contributed by atoms with Crippen LogP contribution in [0.25, 0.3) is 0 Å². The molecule has 5 heteroatoms. The van der Waals surface area contributed by atoms with Gasteiger partial charge in [0.25, 0.3) is 0 Å². The van der Waals surface area contributed by atoms with E-state index in [1.54, 1.807) is 6.07 Å². The fraction of sp³-hybridized carbons (Fsp3) is 0.467. The van der Waals surface area contributed by atoms with Crippen LogP contribution in [0.3, 0.4) is 0 Å². The van der Waals surface area contributed by atoms with Crippen molar-refractivity contribution in [3.8, 4) is 11.8 Å². The van der Waals surface area contributed by atoms with Crippen LogP contribution < -0.4 is 4.74 Å². The molecule has 0 radical (unpaired) electrons. The van der Waals surface area contributed by atoms with Gasteiger partial charge in [0.2, 0.25) is 0 Å². The lowest BCUT2D eigenvalue weighted by atomic mass is 10.1. The van der Waals surface area contributed by atoms with Crippen molar-refractivity contribution in [3.05, 3.63) is 29.3 Å². The molecule has 1 unspecified atom stereocenters. The van der Waals surface area contributed by atoms with Crippen molar-refractivity contribution in [2.45, 2.75) is 32.9 Å². The van der Waals surface area contributed by atoms with Crippen LogP contribution >= 0.6 is 0 Å². The molecule has 0 aliphatic carbocycles. The van der Waals surface area contributed by atoms with E-state index in [0.717, 1.165) is 12.1 Å². The maximum atomic E-state index is 10.8. The van der Waals surface area contributed by atoms with Gasteiger partial charge in [-0.3, -0.25) is 9.69 Å². The fourth-order valence-electron chi connectivity index (χ4n) is 2.12. The molecule has 1 aromatic carbocycles. The van der Waals surface area contributed by atoms with Crippen LogP contribution in [0, 0.1) is 11.3 Å². The number of hydrogen-bond donors (Lipinski definition) is 1. The molecule has 0 aromatic heterocycles. The maximum Gasteiger partial charge on any atom is 0.304 e. The second kappa shape index (κ2) is 7.51. The molecule has 0 bridgehead atoms. The summed E-state index contributed by atoms with van der Waals surface area (Å²) in [4.78, 5) is 12.9. The number of carbonyl (C=O) groups is 1. The van der Waals surface area contributed by atoms with E-state index in [1.165, 1.54) is 7.11 Å². The van der Waals surface area contributed by atoms with E-state index in [0.29, 0.717) is 17.9 Å². The van der Waals surface area contributed by atoms with Crippen molar-refractivity contribution in [3.63, 3.8) is 0 Å². The van der Waals surface area contributed by atoms with Gasteiger partial charge in [0.05, 0.1) is 19.1 Å². The highest BCUT2D eigenvalue weighted by Crippen LogP contribution is 2.21. The first kappa shape index (κ1) is 16.0. The molecule has 0 aliphatic heterocycles. The monoisotopic (exact) mass is 276 g/mol. The average molecular weight is 276 g/mol. The number of benzene rings is 1. The minimum atomic E-state index is -0.798. The van der Waals surface area contributed by atoms with Gasteiger partial charge in [-0.1, -0.05) is 13.0 Å². The van der Waals surface area contributed by atoms with E-state index in [-0.39, 0.29) is 12.5 Å². The molecule has 5 nitrogen and oxygen atoms in total. The average Bonchev–Trinajstić information content (AvgIpc) is 2.43. The van der Waals surface area contributed by atoms with E-state index >= 15 is 0 Å². The Morgan fingerprint density at radius 2 is 2.25 bits per heavy atom. The summed E-state index contributed by atoms with van der Waals surface area (Å²) >= 11 is 0. The van der Waals surface area contributed by atoms with Crippen molar-refractivity contribution in [1.29, 1.82) is 5.26 Å². The van der Waals surface area contributed by atoms with Crippen molar-refractivity contribution in [1.82, 2.24) is 4.90 Å². The normalized spacial score (nSPS) is 11.9. The smallest absolute Gasteiger partial charge is 0.304 e. The van der Waals surface area contributed by atoms with E-state index in [4.69, 9.17) is 15.1 Å². The number of carboxylic acid groups (broad SMARTS) is 1. The van der Waals surface area contributed by atoms with Crippen molar-refractivity contribution < 1.29 is 14.6 Å². The number of rotatable bonds is 7. The van der Waals surface area contributed by atoms with Gasteiger partial charge in [-0.15, -0.1) is 0 Å². The van der Waals surface area contributed by atoms with Gasteiger partial charge < -0.3 is 9.84 Å². The molecule has 0 heterocycles. The van der Waals surface area contributed by atoms with E-state index in [2.05, 4.69) is 11.0 Å². The van der Waals surface area contributed by atoms with Crippen LogP contribution in [0.1, 0.15) is 31.4 Å². The number of nitriles is 1. The van der Waals surface area contributed by atoms with Crippen LogP contribution in [-0.4, -0.2) is 35.7 Å². The van der Waals surface area contributed by atoms with Gasteiger partial charge >= 0.3 is 5.97 Å². The molecule has 1 aromatic rings. The second-order valence-electron chi connectivity index (χ2n) is 4.66.